The SMILES string of the molecule is Cc1cc(C)cc(OCCn2c(CCCCCNC(=O)c3ccccc3F)nc3ccccc32)c1. The zero-order valence-corrected chi connectivity index (χ0v) is 20.4. The molecule has 0 saturated carbocycles. The van der Waals surface area contributed by atoms with Crippen molar-refractivity contribution < 1.29 is 13.9 Å². The highest BCUT2D eigenvalue weighted by molar-refractivity contribution is 5.94. The summed E-state index contributed by atoms with van der Waals surface area (Å²) in [4.78, 5) is 17.0. The van der Waals surface area contributed by atoms with Gasteiger partial charge in [0.15, 0.2) is 0 Å². The first-order valence-corrected chi connectivity index (χ1v) is 12.2. The predicted molar refractivity (Wildman–Crippen MR) is 137 cm³/mol. The molecule has 0 bridgehead atoms. The Morgan fingerprint density at radius 3 is 2.51 bits per heavy atom. The van der Waals surface area contributed by atoms with E-state index in [1.165, 1.54) is 23.3 Å². The Morgan fingerprint density at radius 1 is 0.971 bits per heavy atom. The van der Waals surface area contributed by atoms with Crippen molar-refractivity contribution in [3.63, 3.8) is 0 Å². The zero-order chi connectivity index (χ0) is 24.6. The van der Waals surface area contributed by atoms with Gasteiger partial charge in [-0.1, -0.05) is 36.8 Å². The van der Waals surface area contributed by atoms with Gasteiger partial charge in [-0.25, -0.2) is 9.37 Å². The van der Waals surface area contributed by atoms with Crippen molar-refractivity contribution in [3.05, 3.63) is 95.1 Å². The number of aromatic nitrogens is 2. The van der Waals surface area contributed by atoms with Gasteiger partial charge in [0.2, 0.25) is 0 Å². The largest absolute Gasteiger partial charge is 0.492 e. The molecular formula is C29H32FN3O2. The van der Waals surface area contributed by atoms with Crippen LogP contribution in [0.2, 0.25) is 0 Å². The molecule has 0 fully saturated rings. The molecule has 4 aromatic rings. The fraction of sp³-hybridized carbons (Fsp3) is 0.310. The van der Waals surface area contributed by atoms with Crippen LogP contribution >= 0.6 is 0 Å². The van der Waals surface area contributed by atoms with E-state index >= 15 is 0 Å². The molecule has 0 radical (unpaired) electrons. The molecule has 0 spiro atoms. The summed E-state index contributed by atoms with van der Waals surface area (Å²) >= 11 is 0. The number of carbonyl (C=O) groups is 1. The number of hydrogen-bond acceptors (Lipinski definition) is 3. The average molecular weight is 474 g/mol. The van der Waals surface area contributed by atoms with E-state index in [1.807, 2.05) is 18.2 Å². The van der Waals surface area contributed by atoms with E-state index < -0.39 is 5.82 Å². The average Bonchev–Trinajstić information content (AvgIpc) is 3.18. The fourth-order valence-corrected chi connectivity index (χ4v) is 4.36. The number of halogens is 1. The van der Waals surface area contributed by atoms with Gasteiger partial charge in [0.05, 0.1) is 23.1 Å². The summed E-state index contributed by atoms with van der Waals surface area (Å²) in [6.07, 6.45) is 3.58. The highest BCUT2D eigenvalue weighted by atomic mass is 19.1. The second kappa shape index (κ2) is 11.6. The van der Waals surface area contributed by atoms with E-state index in [0.29, 0.717) is 13.2 Å². The Morgan fingerprint density at radius 2 is 1.71 bits per heavy atom. The van der Waals surface area contributed by atoms with Crippen LogP contribution in [-0.2, 0) is 13.0 Å². The molecule has 3 aromatic carbocycles. The van der Waals surface area contributed by atoms with Crippen molar-refractivity contribution >= 4 is 16.9 Å². The van der Waals surface area contributed by atoms with Gasteiger partial charge in [-0.2, -0.15) is 0 Å². The lowest BCUT2D eigenvalue weighted by atomic mass is 10.1. The number of rotatable bonds is 11. The van der Waals surface area contributed by atoms with Gasteiger partial charge < -0.3 is 14.6 Å². The Hall–Kier alpha value is -3.67. The lowest BCUT2D eigenvalue weighted by Gasteiger charge is -2.12. The number of aryl methyl sites for hydroxylation is 3. The van der Waals surface area contributed by atoms with Crippen molar-refractivity contribution in [2.24, 2.45) is 0 Å². The van der Waals surface area contributed by atoms with Gasteiger partial charge in [-0.05, 0) is 74.2 Å². The summed E-state index contributed by atoms with van der Waals surface area (Å²) in [5.41, 5.74) is 4.58. The zero-order valence-electron chi connectivity index (χ0n) is 20.4. The number of benzene rings is 3. The molecule has 182 valence electrons. The number of fused-ring (bicyclic) bond motifs is 1. The number of para-hydroxylation sites is 2. The number of nitrogens with one attached hydrogen (secondary N) is 1. The van der Waals surface area contributed by atoms with Crippen LogP contribution in [0, 0.1) is 19.7 Å². The van der Waals surface area contributed by atoms with Crippen LogP contribution < -0.4 is 10.1 Å². The van der Waals surface area contributed by atoms with Crippen LogP contribution in [0.3, 0.4) is 0 Å². The summed E-state index contributed by atoms with van der Waals surface area (Å²) in [5, 5.41) is 2.81. The maximum atomic E-state index is 13.7. The lowest BCUT2D eigenvalue weighted by Crippen LogP contribution is -2.25. The first kappa shape index (κ1) is 24.5. The van der Waals surface area contributed by atoms with E-state index in [2.05, 4.69) is 48.0 Å². The highest BCUT2D eigenvalue weighted by Gasteiger charge is 2.12. The molecule has 1 aromatic heterocycles. The number of ether oxygens (including phenoxy) is 1. The normalized spacial score (nSPS) is 11.1. The molecule has 0 aliphatic carbocycles. The van der Waals surface area contributed by atoms with Gasteiger partial charge in [-0.15, -0.1) is 0 Å². The third-order valence-corrected chi connectivity index (χ3v) is 5.99. The van der Waals surface area contributed by atoms with E-state index in [0.717, 1.165) is 54.8 Å². The summed E-state index contributed by atoms with van der Waals surface area (Å²) in [6, 6.07) is 20.5. The summed E-state index contributed by atoms with van der Waals surface area (Å²) in [6.45, 7) is 5.96. The molecule has 1 N–H and O–H groups in total. The Balaban J connectivity index is 1.29. The van der Waals surface area contributed by atoms with Crippen LogP contribution in [0.15, 0.2) is 66.7 Å². The quantitative estimate of drug-likeness (QED) is 0.271. The molecule has 5 nitrogen and oxygen atoms in total. The molecule has 35 heavy (non-hydrogen) atoms. The minimum atomic E-state index is -0.495. The minimum Gasteiger partial charge on any atom is -0.492 e. The van der Waals surface area contributed by atoms with Crippen LogP contribution in [0.25, 0.3) is 11.0 Å². The molecule has 0 unspecified atom stereocenters. The molecule has 4 rings (SSSR count). The second-order valence-electron chi connectivity index (χ2n) is 8.89. The van der Waals surface area contributed by atoms with E-state index in [1.54, 1.807) is 12.1 Å². The van der Waals surface area contributed by atoms with Crippen molar-refractivity contribution in [2.75, 3.05) is 13.2 Å². The lowest BCUT2D eigenvalue weighted by molar-refractivity contribution is 0.0949. The van der Waals surface area contributed by atoms with Gasteiger partial charge >= 0.3 is 0 Å². The van der Waals surface area contributed by atoms with Gasteiger partial charge in [0.1, 0.15) is 24.0 Å². The number of hydrogen-bond donors (Lipinski definition) is 1. The molecule has 0 saturated heterocycles. The van der Waals surface area contributed by atoms with E-state index in [-0.39, 0.29) is 11.5 Å². The number of imidazole rings is 1. The molecule has 1 heterocycles. The monoisotopic (exact) mass is 473 g/mol. The van der Waals surface area contributed by atoms with Crippen molar-refractivity contribution in [1.82, 2.24) is 14.9 Å². The predicted octanol–water partition coefficient (Wildman–Crippen LogP) is 6.01. The van der Waals surface area contributed by atoms with Crippen molar-refractivity contribution in [1.29, 1.82) is 0 Å². The van der Waals surface area contributed by atoms with Gasteiger partial charge in [0.25, 0.3) is 5.91 Å². The molecule has 0 atom stereocenters. The van der Waals surface area contributed by atoms with E-state index in [9.17, 15) is 9.18 Å². The maximum absolute atomic E-state index is 13.7. The first-order valence-electron chi connectivity index (χ1n) is 12.2. The summed E-state index contributed by atoms with van der Waals surface area (Å²) in [7, 11) is 0. The van der Waals surface area contributed by atoms with Crippen molar-refractivity contribution in [3.8, 4) is 5.75 Å². The Labute approximate surface area is 206 Å². The molecule has 1 amide bonds. The number of carbonyl (C=O) groups excluding carboxylic acids is 1. The maximum Gasteiger partial charge on any atom is 0.254 e. The number of amides is 1. The molecule has 0 aliphatic heterocycles. The first-order chi connectivity index (χ1) is 17.0. The third kappa shape index (κ3) is 6.47. The van der Waals surface area contributed by atoms with Crippen LogP contribution in [0.1, 0.15) is 46.6 Å². The molecule has 6 heteroatoms. The smallest absolute Gasteiger partial charge is 0.254 e. The van der Waals surface area contributed by atoms with Crippen LogP contribution in [0.4, 0.5) is 4.39 Å². The number of nitrogens with zero attached hydrogens (tertiary/aromatic N) is 2. The molecular weight excluding hydrogens is 441 g/mol. The number of unbranched alkanes of at least 4 members (excludes halogenated alkanes) is 2. The summed E-state index contributed by atoms with van der Waals surface area (Å²) < 4.78 is 22.0. The third-order valence-electron chi connectivity index (χ3n) is 5.99. The second-order valence-corrected chi connectivity index (χ2v) is 8.89. The van der Waals surface area contributed by atoms with Crippen LogP contribution in [0.5, 0.6) is 5.75 Å². The highest BCUT2D eigenvalue weighted by Crippen LogP contribution is 2.20. The Bertz CT molecular complexity index is 1280. The minimum absolute atomic E-state index is 0.0873. The van der Waals surface area contributed by atoms with Gasteiger partial charge in [0, 0.05) is 13.0 Å². The van der Waals surface area contributed by atoms with E-state index in [4.69, 9.17) is 9.72 Å². The Kier molecular flexibility index (Phi) is 8.14. The summed E-state index contributed by atoms with van der Waals surface area (Å²) in [5.74, 6) is 1.08. The fourth-order valence-electron chi connectivity index (χ4n) is 4.36. The van der Waals surface area contributed by atoms with Gasteiger partial charge in [-0.3, -0.25) is 4.79 Å². The van der Waals surface area contributed by atoms with Crippen molar-refractivity contribution in [2.45, 2.75) is 46.1 Å². The van der Waals surface area contributed by atoms with Crippen LogP contribution in [-0.4, -0.2) is 28.6 Å². The topological polar surface area (TPSA) is 56.1 Å². The molecule has 0 aliphatic rings. The standard InChI is InChI=1S/C29H32FN3O2/c1-21-18-22(2)20-23(19-21)35-17-16-33-27-13-8-7-12-26(27)32-28(33)14-4-3-9-15-31-29(34)24-10-5-6-11-25(24)30/h5-8,10-13,18-20H,3-4,9,14-17H2,1-2H3,(H,31,34).